The fraction of sp³-hybridized carbons (Fsp3) is 0.0357. The lowest BCUT2D eigenvalue weighted by Gasteiger charge is -2.19. The van der Waals surface area contributed by atoms with Gasteiger partial charge in [0.2, 0.25) is 0 Å². The fourth-order valence-electron chi connectivity index (χ4n) is 3.34. The molecule has 0 saturated carbocycles. The average molecular weight is 405 g/mol. The molecule has 4 rings (SSSR count). The lowest BCUT2D eigenvalue weighted by molar-refractivity contribution is 0.415. The molecule has 31 heavy (non-hydrogen) atoms. The van der Waals surface area contributed by atoms with Gasteiger partial charge in [0.15, 0.2) is 0 Å². The Morgan fingerprint density at radius 3 is 1.65 bits per heavy atom. The zero-order chi connectivity index (χ0) is 21.3. The third-order valence-electron chi connectivity index (χ3n) is 4.91. The number of hydrazone groups is 1. The van der Waals surface area contributed by atoms with Gasteiger partial charge in [0.25, 0.3) is 0 Å². The van der Waals surface area contributed by atoms with Crippen LogP contribution in [0.3, 0.4) is 0 Å². The van der Waals surface area contributed by atoms with E-state index in [4.69, 9.17) is 9.84 Å². The van der Waals surface area contributed by atoms with Crippen LogP contribution in [0.15, 0.2) is 126 Å². The molecule has 0 aromatic heterocycles. The van der Waals surface area contributed by atoms with Gasteiger partial charge in [-0.15, -0.1) is 0 Å². The molecule has 0 unspecified atom stereocenters. The number of allylic oxidation sites excluding steroid dienone is 1. The largest absolute Gasteiger partial charge is 0.497 e. The summed E-state index contributed by atoms with van der Waals surface area (Å²) in [6.07, 6.45) is 3.91. The van der Waals surface area contributed by atoms with Crippen LogP contribution < -0.4 is 9.75 Å². The fourth-order valence-corrected chi connectivity index (χ4v) is 3.34. The number of hydrogen-bond donors (Lipinski definition) is 0. The molecule has 0 radical (unpaired) electrons. The molecule has 0 heterocycles. The van der Waals surface area contributed by atoms with Crippen LogP contribution in [0.5, 0.6) is 5.75 Å². The highest BCUT2D eigenvalue weighted by atomic mass is 16.5. The van der Waals surface area contributed by atoms with E-state index in [1.165, 1.54) is 0 Å². The zero-order valence-corrected chi connectivity index (χ0v) is 17.4. The summed E-state index contributed by atoms with van der Waals surface area (Å²) < 4.78 is 5.31. The first-order valence-corrected chi connectivity index (χ1v) is 10.2. The van der Waals surface area contributed by atoms with Crippen LogP contribution >= 0.6 is 0 Å². The Bertz CT molecular complexity index is 1100. The first kappa shape index (κ1) is 20.2. The van der Waals surface area contributed by atoms with Crippen LogP contribution in [0.1, 0.15) is 11.1 Å². The van der Waals surface area contributed by atoms with Gasteiger partial charge in [-0.05, 0) is 59.2 Å². The molecule has 152 valence electrons. The van der Waals surface area contributed by atoms with Gasteiger partial charge in [0, 0.05) is 6.21 Å². The minimum absolute atomic E-state index is 0.837. The Hall–Kier alpha value is -4.11. The Balaban J connectivity index is 1.72. The van der Waals surface area contributed by atoms with Crippen LogP contribution in [0.4, 0.5) is 11.4 Å². The van der Waals surface area contributed by atoms with E-state index in [0.29, 0.717) is 0 Å². The van der Waals surface area contributed by atoms with E-state index in [-0.39, 0.29) is 0 Å². The molecule has 0 N–H and O–H groups in total. The molecule has 0 atom stereocenters. The minimum atomic E-state index is 0.837. The van der Waals surface area contributed by atoms with E-state index in [2.05, 4.69) is 54.6 Å². The summed E-state index contributed by atoms with van der Waals surface area (Å²) in [5.74, 6) is 0.837. The van der Waals surface area contributed by atoms with Crippen molar-refractivity contribution in [1.82, 2.24) is 0 Å². The van der Waals surface area contributed by atoms with Crippen LogP contribution in [0.25, 0.3) is 5.57 Å². The summed E-state index contributed by atoms with van der Waals surface area (Å²) in [5.41, 5.74) is 5.33. The number of anilines is 2. The third-order valence-corrected chi connectivity index (χ3v) is 4.91. The molecular weight excluding hydrogens is 380 g/mol. The molecule has 4 aromatic rings. The quantitative estimate of drug-likeness (QED) is 0.246. The number of rotatable bonds is 7. The molecule has 0 aliphatic carbocycles. The van der Waals surface area contributed by atoms with Gasteiger partial charge < -0.3 is 4.74 Å². The number of para-hydroxylation sites is 2. The van der Waals surface area contributed by atoms with Crippen LogP contribution in [0, 0.1) is 0 Å². The smallest absolute Gasteiger partial charge is 0.118 e. The second-order valence-corrected chi connectivity index (χ2v) is 6.92. The average Bonchev–Trinajstić information content (AvgIpc) is 2.86. The van der Waals surface area contributed by atoms with E-state index in [9.17, 15) is 0 Å². The number of hydrogen-bond acceptors (Lipinski definition) is 3. The van der Waals surface area contributed by atoms with E-state index in [1.807, 2.05) is 78.0 Å². The van der Waals surface area contributed by atoms with E-state index >= 15 is 0 Å². The van der Waals surface area contributed by atoms with Gasteiger partial charge in [-0.2, -0.15) is 5.10 Å². The van der Waals surface area contributed by atoms with Gasteiger partial charge in [-0.1, -0.05) is 78.9 Å². The summed E-state index contributed by atoms with van der Waals surface area (Å²) >= 11 is 0. The number of benzene rings is 4. The summed E-state index contributed by atoms with van der Waals surface area (Å²) in [6, 6.07) is 38.7. The number of ether oxygens (including phenoxy) is 1. The molecule has 0 fully saturated rings. The third kappa shape index (κ3) is 5.09. The van der Waals surface area contributed by atoms with Crippen molar-refractivity contribution < 1.29 is 4.74 Å². The highest BCUT2D eigenvalue weighted by Gasteiger charge is 2.07. The molecule has 0 spiro atoms. The Labute approximate surface area is 183 Å². The molecule has 3 heteroatoms. The van der Waals surface area contributed by atoms with Gasteiger partial charge in [0.1, 0.15) is 5.75 Å². The van der Waals surface area contributed by atoms with Gasteiger partial charge in [-0.25, -0.2) is 5.01 Å². The lowest BCUT2D eigenvalue weighted by atomic mass is 9.98. The van der Waals surface area contributed by atoms with Crippen LogP contribution in [-0.2, 0) is 0 Å². The van der Waals surface area contributed by atoms with Crippen molar-refractivity contribution in [3.05, 3.63) is 132 Å². The maximum absolute atomic E-state index is 5.31. The Kier molecular flexibility index (Phi) is 6.56. The Morgan fingerprint density at radius 1 is 0.645 bits per heavy atom. The van der Waals surface area contributed by atoms with Gasteiger partial charge in [0.05, 0.1) is 18.5 Å². The topological polar surface area (TPSA) is 24.8 Å². The maximum Gasteiger partial charge on any atom is 0.118 e. The number of methoxy groups -OCH3 is 1. The van der Waals surface area contributed by atoms with E-state index in [0.717, 1.165) is 33.8 Å². The molecule has 4 aromatic carbocycles. The van der Waals surface area contributed by atoms with Crippen molar-refractivity contribution in [2.75, 3.05) is 12.1 Å². The van der Waals surface area contributed by atoms with Gasteiger partial charge >= 0.3 is 0 Å². The predicted molar refractivity (Wildman–Crippen MR) is 130 cm³/mol. The summed E-state index contributed by atoms with van der Waals surface area (Å²) in [5, 5.41) is 6.73. The maximum atomic E-state index is 5.31. The second kappa shape index (κ2) is 10.1. The van der Waals surface area contributed by atoms with E-state index in [1.54, 1.807) is 7.11 Å². The van der Waals surface area contributed by atoms with Crippen molar-refractivity contribution in [2.24, 2.45) is 5.10 Å². The Morgan fingerprint density at radius 2 is 1.13 bits per heavy atom. The van der Waals surface area contributed by atoms with E-state index < -0.39 is 0 Å². The molecule has 0 aliphatic heterocycles. The molecule has 0 bridgehead atoms. The lowest BCUT2D eigenvalue weighted by Crippen LogP contribution is -2.08. The molecule has 0 aliphatic rings. The molecule has 3 nitrogen and oxygen atoms in total. The summed E-state index contributed by atoms with van der Waals surface area (Å²) in [7, 11) is 1.68. The number of nitrogens with zero attached hydrogens (tertiary/aromatic N) is 2. The summed E-state index contributed by atoms with van der Waals surface area (Å²) in [6.45, 7) is 0. The van der Waals surface area contributed by atoms with Gasteiger partial charge in [-0.3, -0.25) is 0 Å². The summed E-state index contributed by atoms with van der Waals surface area (Å²) in [4.78, 5) is 0. The first-order valence-electron chi connectivity index (χ1n) is 10.2. The minimum Gasteiger partial charge on any atom is -0.497 e. The highest BCUT2D eigenvalue weighted by Crippen LogP contribution is 2.27. The monoisotopic (exact) mass is 404 g/mol. The van der Waals surface area contributed by atoms with Crippen molar-refractivity contribution in [1.29, 1.82) is 0 Å². The predicted octanol–water partition coefficient (Wildman–Crippen LogP) is 6.95. The van der Waals surface area contributed by atoms with Crippen molar-refractivity contribution in [3.63, 3.8) is 0 Å². The molecule has 0 saturated heterocycles. The normalized spacial score (nSPS) is 11.5. The SMILES string of the molecule is COc1ccc(C(=CC=NN(c2ccccc2)c2ccccc2)c2ccccc2)cc1. The molecular formula is C28H24N2O. The second-order valence-electron chi connectivity index (χ2n) is 6.92. The molecule has 0 amide bonds. The van der Waals surface area contributed by atoms with Crippen molar-refractivity contribution in [3.8, 4) is 5.75 Å². The first-order chi connectivity index (χ1) is 15.3. The van der Waals surface area contributed by atoms with Crippen molar-refractivity contribution >= 4 is 23.2 Å². The zero-order valence-electron chi connectivity index (χ0n) is 17.4. The standard InChI is InChI=1S/C28H24N2O/c1-31-27-19-17-24(18-20-27)28(23-11-5-2-6-12-23)21-22-29-30(25-13-7-3-8-14-25)26-15-9-4-10-16-26/h2-22H,1H3. The van der Waals surface area contributed by atoms with Crippen LogP contribution in [0.2, 0.25) is 0 Å². The van der Waals surface area contributed by atoms with Crippen LogP contribution in [-0.4, -0.2) is 13.3 Å². The van der Waals surface area contributed by atoms with Crippen molar-refractivity contribution in [2.45, 2.75) is 0 Å². The highest BCUT2D eigenvalue weighted by molar-refractivity contribution is 5.92.